The predicted octanol–water partition coefficient (Wildman–Crippen LogP) is 12.5. The van der Waals surface area contributed by atoms with Crippen molar-refractivity contribution in [1.29, 1.82) is 10.8 Å². The number of hydrogen-bond acceptors (Lipinski definition) is 13. The average Bonchev–Trinajstić information content (AvgIpc) is 3.37. The molecule has 0 saturated carbocycles. The van der Waals surface area contributed by atoms with E-state index in [9.17, 15) is 35.1 Å². The number of rotatable bonds is 16. The second kappa shape index (κ2) is 34.6. The quantitative estimate of drug-likeness (QED) is 0.0284. The van der Waals surface area contributed by atoms with Gasteiger partial charge in [-0.3, -0.25) is 20.6 Å². The van der Waals surface area contributed by atoms with E-state index < -0.39 is 23.5 Å². The molecule has 77 heavy (non-hydrogen) atoms. The molecule has 0 saturated heterocycles. The van der Waals surface area contributed by atoms with Crippen molar-refractivity contribution in [1.82, 2.24) is 20.4 Å². The fourth-order valence-electron chi connectivity index (χ4n) is 6.95. The van der Waals surface area contributed by atoms with Gasteiger partial charge in [0.25, 0.3) is 0 Å². The number of alkyl halides is 6. The fourth-order valence-corrected chi connectivity index (χ4v) is 9.89. The molecule has 0 aromatic heterocycles. The minimum absolute atomic E-state index is 0. The minimum Gasteiger partial charge on any atom is -0.379 e. The van der Waals surface area contributed by atoms with Crippen LogP contribution >= 0.6 is 81.0 Å². The van der Waals surface area contributed by atoms with Crippen molar-refractivity contribution in [2.75, 3.05) is 46.3 Å². The van der Waals surface area contributed by atoms with Crippen molar-refractivity contribution < 1.29 is 35.1 Å². The van der Waals surface area contributed by atoms with Gasteiger partial charge >= 0.3 is 12.4 Å². The van der Waals surface area contributed by atoms with Crippen LogP contribution in [-0.4, -0.2) is 76.8 Å². The number of hydrogen-bond donors (Lipinski definition) is 7. The number of thioether (sulfide) groups is 4. The summed E-state index contributed by atoms with van der Waals surface area (Å²) < 4.78 is 104. The summed E-state index contributed by atoms with van der Waals surface area (Å²) in [5.74, 6) is 1.43. The number of amidine groups is 4. The highest BCUT2D eigenvalue weighted by Crippen LogP contribution is 2.31. The second-order valence-corrected chi connectivity index (χ2v) is 20.8. The number of aryl methyl sites for hydroxylation is 1. The van der Waals surface area contributed by atoms with Gasteiger partial charge in [0, 0.05) is 36.1 Å². The lowest BCUT2D eigenvalue weighted by molar-refractivity contribution is -0.138. The predicted molar refractivity (Wildman–Crippen MR) is 317 cm³/mol. The number of aliphatic imine (C=N–C) groups is 2. The van der Waals surface area contributed by atoms with Crippen LogP contribution in [0.4, 0.5) is 35.1 Å². The van der Waals surface area contributed by atoms with Crippen molar-refractivity contribution in [3.8, 4) is 0 Å². The van der Waals surface area contributed by atoms with Gasteiger partial charge in [-0.2, -0.15) is 26.3 Å². The number of halogens is 10. The molecule has 0 amide bonds. The highest BCUT2D eigenvalue weighted by molar-refractivity contribution is 8.93. The van der Waals surface area contributed by atoms with Gasteiger partial charge in [-0.15, -0.1) is 34.0 Å². The zero-order chi connectivity index (χ0) is 53.7. The van der Waals surface area contributed by atoms with Gasteiger partial charge in [0.1, 0.15) is 11.6 Å². The first-order chi connectivity index (χ1) is 35.2. The van der Waals surface area contributed by atoms with Crippen LogP contribution in [0.25, 0.3) is 0 Å². The Morgan fingerprint density at radius 2 is 0.922 bits per heavy atom. The van der Waals surface area contributed by atoms with Crippen LogP contribution in [0, 0.1) is 29.4 Å². The second-order valence-electron chi connectivity index (χ2n) is 16.8. The molecule has 2 aliphatic rings. The van der Waals surface area contributed by atoms with Gasteiger partial charge in [0.05, 0.1) is 37.8 Å². The largest absolute Gasteiger partial charge is 0.416 e. The standard InChI is InChI=1S/C32H33F7N6S2.C10H13FN4S2.C9H13N.CH4.2BrH/c33-28-10-5-24(16-46-29-40-18-44(19-41-29)13-11-22-1-6-26(7-2-22)31(34,35)36)25(15-28)17-47-30-42-20-45(21-43-30)14-12-23-3-8-27(9-4-23)32(37,38)39;11-8-2-1-6(4-16-9(12)13)7(3-8)5-17-10(14)15;1-8-2-4-9(5-3-8)6-7-10;;;/h1-10,15H,11-14,16-21H2,(H,40,41)(H,42,43);1-3H,4-5H2,(H3,12,13)(H3,14,15);2-5H,6-7,10H2,1H3;1H4;2*1H. The van der Waals surface area contributed by atoms with Crippen LogP contribution in [0.5, 0.6) is 0 Å². The molecule has 5 aromatic rings. The smallest absolute Gasteiger partial charge is 0.379 e. The maximum Gasteiger partial charge on any atom is 0.416 e. The van der Waals surface area contributed by atoms with Crippen molar-refractivity contribution in [3.63, 3.8) is 0 Å². The van der Waals surface area contributed by atoms with Crippen LogP contribution < -0.4 is 27.8 Å². The highest BCUT2D eigenvalue weighted by Gasteiger charge is 2.31. The molecule has 0 unspecified atom stereocenters. The zero-order valence-electron chi connectivity index (χ0n) is 41.3. The van der Waals surface area contributed by atoms with Crippen molar-refractivity contribution in [3.05, 3.63) is 176 Å². The summed E-state index contributed by atoms with van der Waals surface area (Å²) in [4.78, 5) is 13.3. The van der Waals surface area contributed by atoms with Crippen molar-refractivity contribution in [2.45, 2.75) is 69.0 Å². The molecule has 0 spiro atoms. The molecule has 0 fully saturated rings. The van der Waals surface area contributed by atoms with Gasteiger partial charge in [0.15, 0.2) is 20.7 Å². The van der Waals surface area contributed by atoms with Crippen LogP contribution in [0.1, 0.15) is 63.1 Å². The summed E-state index contributed by atoms with van der Waals surface area (Å²) in [5.41, 5.74) is 22.4. The van der Waals surface area contributed by atoms with E-state index >= 15 is 0 Å². The Balaban J connectivity index is 0.000000554. The molecule has 2 heterocycles. The molecular weight excluding hydrogens is 1220 g/mol. The average molecular weight is 1280 g/mol. The lowest BCUT2D eigenvalue weighted by atomic mass is 10.1. The Bertz CT molecular complexity index is 2650. The van der Waals surface area contributed by atoms with Crippen LogP contribution in [0.15, 0.2) is 119 Å². The maximum atomic E-state index is 14.2. The van der Waals surface area contributed by atoms with Crippen LogP contribution in [-0.2, 0) is 54.6 Å². The summed E-state index contributed by atoms with van der Waals surface area (Å²) >= 11 is 5.33. The summed E-state index contributed by atoms with van der Waals surface area (Å²) in [6, 6.07) is 28.1. The summed E-state index contributed by atoms with van der Waals surface area (Å²) in [6.07, 6.45) is -6.50. The zero-order valence-corrected chi connectivity index (χ0v) is 48.0. The Morgan fingerprint density at radius 3 is 1.30 bits per heavy atom. The highest BCUT2D eigenvalue weighted by atomic mass is 79.9. The molecule has 0 radical (unpaired) electrons. The molecule has 0 aliphatic carbocycles. The molecule has 7 rings (SSSR count). The maximum absolute atomic E-state index is 14.2. The van der Waals surface area contributed by atoms with Gasteiger partial charge in [-0.05, 0) is 120 Å². The molecule has 5 aromatic carbocycles. The molecule has 10 N–H and O–H groups in total. The molecule has 11 nitrogen and oxygen atoms in total. The number of nitrogens with two attached hydrogens (primary N) is 3. The van der Waals surface area contributed by atoms with Gasteiger partial charge < -0.3 is 27.8 Å². The van der Waals surface area contributed by atoms with E-state index in [4.69, 9.17) is 28.0 Å². The monoisotopic (exact) mass is 1280 g/mol. The van der Waals surface area contributed by atoms with E-state index in [1.165, 1.54) is 94.9 Å². The van der Waals surface area contributed by atoms with E-state index in [-0.39, 0.29) is 63.4 Å². The lowest BCUT2D eigenvalue weighted by Gasteiger charge is -2.27. The molecular formula is C52H65Br2F8N11S4. The van der Waals surface area contributed by atoms with E-state index in [1.807, 2.05) is 0 Å². The Morgan fingerprint density at radius 1 is 0.558 bits per heavy atom. The molecule has 422 valence electrons. The van der Waals surface area contributed by atoms with E-state index in [2.05, 4.69) is 61.6 Å². The Hall–Kier alpha value is -4.34. The van der Waals surface area contributed by atoms with Crippen LogP contribution in [0.3, 0.4) is 0 Å². The van der Waals surface area contributed by atoms with E-state index in [0.29, 0.717) is 75.6 Å². The summed E-state index contributed by atoms with van der Waals surface area (Å²) in [5, 5.41) is 22.4. The molecule has 0 atom stereocenters. The SMILES string of the molecule is Br.Br.C.Cc1ccc(CCN)cc1.Fc1ccc(CSC2=NCN(CCc3ccc(C(F)(F)F)cc3)CN2)c(CSC2=NCN(CCc3ccc(C(F)(F)F)cc3)CN2)c1.N=C(N)SCc1ccc(F)cc1CSC(=N)N. The summed E-state index contributed by atoms with van der Waals surface area (Å²) in [7, 11) is 0. The van der Waals surface area contributed by atoms with E-state index in [0.717, 1.165) is 92.7 Å². The topological polar surface area (TPSA) is 181 Å². The Kier molecular flexibility index (Phi) is 30.9. The normalized spacial score (nSPS) is 13.5. The van der Waals surface area contributed by atoms with E-state index in [1.54, 1.807) is 12.1 Å². The third-order valence-corrected chi connectivity index (χ3v) is 14.7. The van der Waals surface area contributed by atoms with Crippen molar-refractivity contribution in [2.24, 2.45) is 27.2 Å². The number of nitrogens with one attached hydrogen (secondary N) is 4. The minimum atomic E-state index is -4.35. The number of benzene rings is 5. The first kappa shape index (κ1) is 68.8. The lowest BCUT2D eigenvalue weighted by Crippen LogP contribution is -2.42. The fraction of sp³-hybridized carbons (Fsp3) is 0.346. The third kappa shape index (κ3) is 25.6. The number of nitrogens with zero attached hydrogens (tertiary/aromatic N) is 4. The molecule has 25 heteroatoms. The molecule has 2 aliphatic heterocycles. The summed E-state index contributed by atoms with van der Waals surface area (Å²) in [6.45, 7) is 6.14. The Labute approximate surface area is 483 Å². The van der Waals surface area contributed by atoms with Gasteiger partial charge in [0.2, 0.25) is 0 Å². The third-order valence-electron chi connectivity index (χ3n) is 11.1. The van der Waals surface area contributed by atoms with Gasteiger partial charge in [-0.25, -0.2) is 18.8 Å². The van der Waals surface area contributed by atoms with Crippen LogP contribution in [0.2, 0.25) is 0 Å². The molecule has 0 bridgehead atoms. The first-order valence-corrected chi connectivity index (χ1v) is 27.0. The van der Waals surface area contributed by atoms with Crippen molar-refractivity contribution >= 4 is 102 Å². The van der Waals surface area contributed by atoms with Gasteiger partial charge in [-0.1, -0.05) is 121 Å². The first-order valence-electron chi connectivity index (χ1n) is 23.1.